The second-order valence-corrected chi connectivity index (χ2v) is 7.30. The monoisotopic (exact) mass is 359 g/mol. The summed E-state index contributed by atoms with van der Waals surface area (Å²) < 4.78 is 32.0. The molecule has 7 heteroatoms. The van der Waals surface area contributed by atoms with Crippen molar-refractivity contribution < 1.29 is 13.2 Å². The lowest BCUT2D eigenvalue weighted by molar-refractivity contribution is 0.185. The second kappa shape index (κ2) is 7.33. The van der Waals surface area contributed by atoms with Gasteiger partial charge >= 0.3 is 0 Å². The first-order chi connectivity index (χ1) is 10.4. The van der Waals surface area contributed by atoms with Crippen molar-refractivity contribution in [3.8, 4) is 0 Å². The zero-order valence-electron chi connectivity index (χ0n) is 11.8. The predicted molar refractivity (Wildman–Crippen MR) is 89.9 cm³/mol. The van der Waals surface area contributed by atoms with E-state index in [4.69, 9.17) is 27.9 Å². The molecule has 0 unspecified atom stereocenters. The summed E-state index contributed by atoms with van der Waals surface area (Å²) in [5, 5.41) is 0.789. The Morgan fingerprint density at radius 3 is 2.59 bits per heavy atom. The predicted octanol–water partition coefficient (Wildman–Crippen LogP) is 4.08. The van der Waals surface area contributed by atoms with E-state index in [-0.39, 0.29) is 5.75 Å². The number of anilines is 1. The topological polar surface area (TPSA) is 55.4 Å². The van der Waals surface area contributed by atoms with Crippen molar-refractivity contribution in [1.29, 1.82) is 0 Å². The Labute approximate surface area is 140 Å². The molecule has 0 saturated carbocycles. The Morgan fingerprint density at radius 2 is 1.91 bits per heavy atom. The molecule has 1 N–H and O–H groups in total. The fourth-order valence-corrected chi connectivity index (χ4v) is 3.72. The van der Waals surface area contributed by atoms with Gasteiger partial charge in [0, 0.05) is 22.8 Å². The highest BCUT2D eigenvalue weighted by Gasteiger charge is 2.14. The molecule has 0 aliphatic heterocycles. The van der Waals surface area contributed by atoms with Gasteiger partial charge in [0.1, 0.15) is 0 Å². The van der Waals surface area contributed by atoms with E-state index < -0.39 is 10.0 Å². The first-order valence-electron chi connectivity index (χ1n) is 6.42. The average molecular weight is 360 g/mol. The molecule has 0 atom stereocenters. The summed E-state index contributed by atoms with van der Waals surface area (Å²) in [5.41, 5.74) is 1.86. The van der Waals surface area contributed by atoms with Gasteiger partial charge in [-0.05, 0) is 35.4 Å². The number of benzene rings is 2. The number of methoxy groups -OCH3 is 1. The van der Waals surface area contributed by atoms with Gasteiger partial charge in [-0.1, -0.05) is 41.4 Å². The summed E-state index contributed by atoms with van der Waals surface area (Å²) in [4.78, 5) is 0. The van der Waals surface area contributed by atoms with Crippen molar-refractivity contribution in [2.24, 2.45) is 0 Å². The molecular weight excluding hydrogens is 345 g/mol. The summed E-state index contributed by atoms with van der Waals surface area (Å²) in [7, 11) is -1.99. The highest BCUT2D eigenvalue weighted by molar-refractivity contribution is 7.91. The molecule has 0 heterocycles. The fraction of sp³-hybridized carbons (Fsp3) is 0.200. The van der Waals surface area contributed by atoms with Crippen LogP contribution in [0.3, 0.4) is 0 Å². The minimum atomic E-state index is -3.57. The molecule has 2 aromatic carbocycles. The van der Waals surface area contributed by atoms with Crippen LogP contribution in [0.2, 0.25) is 10.0 Å². The molecule has 0 spiro atoms. The van der Waals surface area contributed by atoms with Crippen LogP contribution in [0.4, 0.5) is 5.69 Å². The van der Waals surface area contributed by atoms with E-state index in [9.17, 15) is 8.42 Å². The fourth-order valence-electron chi connectivity index (χ4n) is 1.95. The van der Waals surface area contributed by atoms with E-state index in [1.54, 1.807) is 37.4 Å². The van der Waals surface area contributed by atoms with Gasteiger partial charge in [-0.2, -0.15) is 0 Å². The number of nitrogens with one attached hydrogen (secondary N) is 1. The summed E-state index contributed by atoms with van der Waals surface area (Å²) in [6.45, 7) is 0.415. The van der Waals surface area contributed by atoms with Crippen LogP contribution in [0.25, 0.3) is 0 Å². The summed E-state index contributed by atoms with van der Waals surface area (Å²) in [6.07, 6.45) is 0. The van der Waals surface area contributed by atoms with Crippen LogP contribution in [0.1, 0.15) is 11.1 Å². The third-order valence-electron chi connectivity index (χ3n) is 2.87. The van der Waals surface area contributed by atoms with Gasteiger partial charge in [-0.15, -0.1) is 0 Å². The molecule has 2 rings (SSSR count). The standard InChI is InChI=1S/C15H15Cl2NO3S/c1-21-9-11-3-2-4-14(7-11)18-22(19,20)10-12-5-6-13(16)8-15(12)17/h2-8,18H,9-10H2,1H3. The van der Waals surface area contributed by atoms with Gasteiger partial charge in [-0.3, -0.25) is 4.72 Å². The SMILES string of the molecule is COCc1cccc(NS(=O)(=O)Cc2ccc(Cl)cc2Cl)c1. The Morgan fingerprint density at radius 1 is 1.14 bits per heavy atom. The van der Waals surface area contributed by atoms with Crippen LogP contribution in [0.15, 0.2) is 42.5 Å². The van der Waals surface area contributed by atoms with E-state index in [0.717, 1.165) is 5.56 Å². The van der Waals surface area contributed by atoms with E-state index in [1.807, 2.05) is 6.07 Å². The highest BCUT2D eigenvalue weighted by atomic mass is 35.5. The molecule has 0 aliphatic rings. The average Bonchev–Trinajstić information content (AvgIpc) is 2.42. The highest BCUT2D eigenvalue weighted by Crippen LogP contribution is 2.23. The molecule has 0 radical (unpaired) electrons. The normalized spacial score (nSPS) is 11.4. The molecule has 0 fully saturated rings. The van der Waals surface area contributed by atoms with Crippen molar-refractivity contribution in [1.82, 2.24) is 0 Å². The zero-order valence-corrected chi connectivity index (χ0v) is 14.2. The van der Waals surface area contributed by atoms with Crippen molar-refractivity contribution in [2.45, 2.75) is 12.4 Å². The van der Waals surface area contributed by atoms with Crippen LogP contribution in [-0.2, 0) is 27.1 Å². The third kappa shape index (κ3) is 4.88. The van der Waals surface area contributed by atoms with Gasteiger partial charge < -0.3 is 4.74 Å². The molecular formula is C15H15Cl2NO3S. The van der Waals surface area contributed by atoms with Crippen molar-refractivity contribution in [2.75, 3.05) is 11.8 Å². The minimum Gasteiger partial charge on any atom is -0.380 e. The van der Waals surface area contributed by atoms with Crippen LogP contribution in [-0.4, -0.2) is 15.5 Å². The second-order valence-electron chi connectivity index (χ2n) is 4.73. The van der Waals surface area contributed by atoms with Gasteiger partial charge in [0.05, 0.1) is 12.4 Å². The lowest BCUT2D eigenvalue weighted by Gasteiger charge is -2.10. The molecule has 0 amide bonds. The summed E-state index contributed by atoms with van der Waals surface area (Å²) in [6, 6.07) is 11.8. The zero-order chi connectivity index (χ0) is 16.2. The smallest absolute Gasteiger partial charge is 0.236 e. The summed E-state index contributed by atoms with van der Waals surface area (Å²) >= 11 is 11.8. The maximum atomic E-state index is 12.2. The first kappa shape index (κ1) is 17.1. The van der Waals surface area contributed by atoms with Gasteiger partial charge in [0.2, 0.25) is 10.0 Å². The molecule has 2 aromatic rings. The number of halogens is 2. The van der Waals surface area contributed by atoms with E-state index in [1.165, 1.54) is 6.07 Å². The maximum Gasteiger partial charge on any atom is 0.236 e. The van der Waals surface area contributed by atoms with Crippen LogP contribution >= 0.6 is 23.2 Å². The van der Waals surface area contributed by atoms with Crippen molar-refractivity contribution in [3.05, 3.63) is 63.6 Å². The molecule has 22 heavy (non-hydrogen) atoms. The number of sulfonamides is 1. The first-order valence-corrected chi connectivity index (χ1v) is 8.83. The quantitative estimate of drug-likeness (QED) is 0.845. The molecule has 0 saturated heterocycles. The van der Waals surface area contributed by atoms with Crippen LogP contribution < -0.4 is 4.72 Å². The third-order valence-corrected chi connectivity index (χ3v) is 4.70. The Hall–Kier alpha value is -1.27. The van der Waals surface area contributed by atoms with E-state index in [0.29, 0.717) is 27.9 Å². The molecule has 0 aliphatic carbocycles. The van der Waals surface area contributed by atoms with Crippen LogP contribution in [0, 0.1) is 0 Å². The number of hydrogen-bond donors (Lipinski definition) is 1. The lowest BCUT2D eigenvalue weighted by Crippen LogP contribution is -2.15. The Kier molecular flexibility index (Phi) is 5.69. The van der Waals surface area contributed by atoms with Gasteiger partial charge in [0.25, 0.3) is 0 Å². The molecule has 118 valence electrons. The van der Waals surface area contributed by atoms with E-state index >= 15 is 0 Å². The van der Waals surface area contributed by atoms with E-state index in [2.05, 4.69) is 4.72 Å². The number of ether oxygens (including phenoxy) is 1. The van der Waals surface area contributed by atoms with Crippen molar-refractivity contribution in [3.63, 3.8) is 0 Å². The lowest BCUT2D eigenvalue weighted by atomic mass is 10.2. The van der Waals surface area contributed by atoms with Gasteiger partial charge in [-0.25, -0.2) is 8.42 Å². The van der Waals surface area contributed by atoms with Crippen molar-refractivity contribution >= 4 is 38.9 Å². The van der Waals surface area contributed by atoms with Gasteiger partial charge in [0.15, 0.2) is 0 Å². The largest absolute Gasteiger partial charge is 0.380 e. The molecule has 0 bridgehead atoms. The Bertz CT molecular complexity index is 763. The number of rotatable bonds is 6. The maximum absolute atomic E-state index is 12.2. The summed E-state index contributed by atoms with van der Waals surface area (Å²) in [5.74, 6) is -0.225. The molecule has 4 nitrogen and oxygen atoms in total. The Balaban J connectivity index is 2.15. The molecule has 0 aromatic heterocycles. The number of hydrogen-bond acceptors (Lipinski definition) is 3. The van der Waals surface area contributed by atoms with Crippen LogP contribution in [0.5, 0.6) is 0 Å². The minimum absolute atomic E-state index is 0.225.